The van der Waals surface area contributed by atoms with Crippen LogP contribution in [0.5, 0.6) is 5.75 Å². The second-order valence-electron chi connectivity index (χ2n) is 6.48. The number of pyridine rings is 1. The zero-order valence-electron chi connectivity index (χ0n) is 15.9. The monoisotopic (exact) mass is 404 g/mol. The molecule has 0 radical (unpaired) electrons. The number of anilines is 1. The van der Waals surface area contributed by atoms with E-state index in [1.54, 1.807) is 18.5 Å². The van der Waals surface area contributed by atoms with Gasteiger partial charge >= 0.3 is 0 Å². The van der Waals surface area contributed by atoms with Crippen molar-refractivity contribution in [3.8, 4) is 5.75 Å². The molecule has 0 spiro atoms. The standard InChI is InChI=1S/C22H20N4O2S/c1-16(28-18-6-3-2-4-7-18)19-15-29-22(24-19)25-21(27)20-8-5-13-26(20)14-17-9-11-23-12-10-17/h2-13,15-16H,14H2,1H3,(H,24,25,27)/t16-/m0/s1. The fourth-order valence-corrected chi connectivity index (χ4v) is 3.68. The maximum atomic E-state index is 12.7. The molecule has 7 heteroatoms. The van der Waals surface area contributed by atoms with Gasteiger partial charge in [0, 0.05) is 30.5 Å². The van der Waals surface area contributed by atoms with Gasteiger partial charge in [-0.15, -0.1) is 11.3 Å². The van der Waals surface area contributed by atoms with Gasteiger partial charge in [-0.1, -0.05) is 18.2 Å². The van der Waals surface area contributed by atoms with Crippen molar-refractivity contribution in [1.82, 2.24) is 14.5 Å². The lowest BCUT2D eigenvalue weighted by Crippen LogP contribution is -2.17. The van der Waals surface area contributed by atoms with Crippen LogP contribution in [0.1, 0.15) is 34.8 Å². The molecule has 4 aromatic rings. The molecule has 0 aliphatic carbocycles. The van der Waals surface area contributed by atoms with Gasteiger partial charge in [0.05, 0.1) is 5.69 Å². The van der Waals surface area contributed by atoms with Gasteiger partial charge in [0.15, 0.2) is 5.13 Å². The van der Waals surface area contributed by atoms with Crippen LogP contribution >= 0.6 is 11.3 Å². The number of hydrogen-bond donors (Lipinski definition) is 1. The fourth-order valence-electron chi connectivity index (χ4n) is 2.90. The molecule has 0 aliphatic heterocycles. The summed E-state index contributed by atoms with van der Waals surface area (Å²) in [5, 5.41) is 5.34. The molecule has 1 N–H and O–H groups in total. The lowest BCUT2D eigenvalue weighted by Gasteiger charge is -2.12. The van der Waals surface area contributed by atoms with Gasteiger partial charge in [-0.25, -0.2) is 4.98 Å². The van der Waals surface area contributed by atoms with Gasteiger partial charge < -0.3 is 9.30 Å². The highest BCUT2D eigenvalue weighted by atomic mass is 32.1. The number of rotatable bonds is 7. The summed E-state index contributed by atoms with van der Waals surface area (Å²) >= 11 is 1.38. The molecule has 1 aromatic carbocycles. The van der Waals surface area contributed by atoms with E-state index in [0.29, 0.717) is 17.4 Å². The molecule has 3 heterocycles. The molecule has 29 heavy (non-hydrogen) atoms. The Kier molecular flexibility index (Phi) is 5.67. The molecule has 1 amide bonds. The third-order valence-corrected chi connectivity index (χ3v) is 5.16. The van der Waals surface area contributed by atoms with E-state index in [9.17, 15) is 4.79 Å². The number of benzene rings is 1. The number of ether oxygens (including phenoxy) is 1. The summed E-state index contributed by atoms with van der Waals surface area (Å²) in [5.74, 6) is 0.592. The zero-order chi connectivity index (χ0) is 20.1. The number of aromatic nitrogens is 3. The fraction of sp³-hybridized carbons (Fsp3) is 0.136. The summed E-state index contributed by atoms with van der Waals surface area (Å²) in [6, 6.07) is 17.1. The number of amides is 1. The second-order valence-corrected chi connectivity index (χ2v) is 7.34. The molecule has 1 atom stereocenters. The summed E-state index contributed by atoms with van der Waals surface area (Å²) in [6.07, 6.45) is 5.16. The van der Waals surface area contributed by atoms with Crippen molar-refractivity contribution < 1.29 is 9.53 Å². The quantitative estimate of drug-likeness (QED) is 0.481. The summed E-state index contributed by atoms with van der Waals surface area (Å²) in [6.45, 7) is 2.54. The highest BCUT2D eigenvalue weighted by molar-refractivity contribution is 7.14. The molecule has 0 saturated carbocycles. The molecule has 0 bridgehead atoms. The Morgan fingerprint density at radius 2 is 1.93 bits per heavy atom. The third-order valence-electron chi connectivity index (χ3n) is 4.38. The van der Waals surface area contributed by atoms with Gasteiger partial charge in [0.25, 0.3) is 5.91 Å². The van der Waals surface area contributed by atoms with E-state index in [0.717, 1.165) is 17.0 Å². The highest BCUT2D eigenvalue weighted by Crippen LogP contribution is 2.25. The molecular formula is C22H20N4O2S. The van der Waals surface area contributed by atoms with Crippen LogP contribution in [-0.4, -0.2) is 20.4 Å². The van der Waals surface area contributed by atoms with Gasteiger partial charge in [0.1, 0.15) is 17.5 Å². The maximum absolute atomic E-state index is 12.7. The number of para-hydroxylation sites is 1. The normalized spacial score (nSPS) is 11.8. The predicted octanol–water partition coefficient (Wildman–Crippen LogP) is 4.78. The Balaban J connectivity index is 1.42. The van der Waals surface area contributed by atoms with E-state index in [1.165, 1.54) is 11.3 Å². The molecule has 146 valence electrons. The number of thiazole rings is 1. The average Bonchev–Trinajstić information content (AvgIpc) is 3.39. The number of hydrogen-bond acceptors (Lipinski definition) is 5. The molecule has 0 fully saturated rings. The molecule has 6 nitrogen and oxygen atoms in total. The largest absolute Gasteiger partial charge is 0.484 e. The SMILES string of the molecule is C[C@H](Oc1ccccc1)c1csc(NC(=O)c2cccn2Cc2ccncc2)n1. The summed E-state index contributed by atoms with van der Waals surface area (Å²) in [5.41, 5.74) is 2.43. The Labute approximate surface area is 172 Å². The van der Waals surface area contributed by atoms with E-state index in [1.807, 2.05) is 71.6 Å². The zero-order valence-corrected chi connectivity index (χ0v) is 16.7. The van der Waals surface area contributed by atoms with Crippen LogP contribution < -0.4 is 10.1 Å². The Hall–Kier alpha value is -3.45. The average molecular weight is 404 g/mol. The van der Waals surface area contributed by atoms with Crippen LogP contribution in [0.4, 0.5) is 5.13 Å². The van der Waals surface area contributed by atoms with Crippen LogP contribution in [-0.2, 0) is 6.54 Å². The molecular weight excluding hydrogens is 384 g/mol. The molecule has 4 rings (SSSR count). The Bertz CT molecular complexity index is 1080. The first-order chi connectivity index (χ1) is 14.2. The third kappa shape index (κ3) is 4.70. The topological polar surface area (TPSA) is 69.0 Å². The van der Waals surface area contributed by atoms with Crippen molar-refractivity contribution in [2.24, 2.45) is 0 Å². The minimum absolute atomic E-state index is 0.193. The van der Waals surface area contributed by atoms with Crippen LogP contribution in [0, 0.1) is 0 Å². The summed E-state index contributed by atoms with van der Waals surface area (Å²) < 4.78 is 7.80. The van der Waals surface area contributed by atoms with Gasteiger partial charge in [-0.2, -0.15) is 0 Å². The first-order valence-corrected chi connectivity index (χ1v) is 10.1. The van der Waals surface area contributed by atoms with E-state index in [4.69, 9.17) is 4.74 Å². The van der Waals surface area contributed by atoms with Gasteiger partial charge in [-0.05, 0) is 48.9 Å². The summed E-state index contributed by atoms with van der Waals surface area (Å²) in [7, 11) is 0. The van der Waals surface area contributed by atoms with Crippen molar-refractivity contribution in [1.29, 1.82) is 0 Å². The van der Waals surface area contributed by atoms with Crippen molar-refractivity contribution in [2.75, 3.05) is 5.32 Å². The highest BCUT2D eigenvalue weighted by Gasteiger charge is 2.16. The van der Waals surface area contributed by atoms with E-state index in [-0.39, 0.29) is 12.0 Å². The van der Waals surface area contributed by atoms with E-state index >= 15 is 0 Å². The minimum Gasteiger partial charge on any atom is -0.484 e. The molecule has 0 saturated heterocycles. The van der Waals surface area contributed by atoms with Gasteiger partial charge in [0.2, 0.25) is 0 Å². The lowest BCUT2D eigenvalue weighted by molar-refractivity contribution is 0.101. The van der Waals surface area contributed by atoms with Gasteiger partial charge in [-0.3, -0.25) is 15.1 Å². The van der Waals surface area contributed by atoms with Crippen LogP contribution in [0.2, 0.25) is 0 Å². The van der Waals surface area contributed by atoms with Crippen molar-refractivity contribution >= 4 is 22.4 Å². The molecule has 0 unspecified atom stereocenters. The minimum atomic E-state index is -0.213. The second kappa shape index (κ2) is 8.70. The van der Waals surface area contributed by atoms with Crippen molar-refractivity contribution in [2.45, 2.75) is 19.6 Å². The number of carbonyl (C=O) groups is 1. The van der Waals surface area contributed by atoms with Crippen LogP contribution in [0.25, 0.3) is 0 Å². The first-order valence-electron chi connectivity index (χ1n) is 9.21. The summed E-state index contributed by atoms with van der Waals surface area (Å²) in [4.78, 5) is 21.3. The number of nitrogens with one attached hydrogen (secondary N) is 1. The molecule has 0 aliphatic rings. The lowest BCUT2D eigenvalue weighted by atomic mass is 10.2. The van der Waals surface area contributed by atoms with E-state index in [2.05, 4.69) is 15.3 Å². The maximum Gasteiger partial charge on any atom is 0.274 e. The Morgan fingerprint density at radius 3 is 2.72 bits per heavy atom. The molecule has 3 aromatic heterocycles. The number of nitrogens with zero attached hydrogens (tertiary/aromatic N) is 3. The Morgan fingerprint density at radius 1 is 1.14 bits per heavy atom. The van der Waals surface area contributed by atoms with Crippen LogP contribution in [0.3, 0.4) is 0 Å². The smallest absolute Gasteiger partial charge is 0.274 e. The van der Waals surface area contributed by atoms with Crippen LogP contribution in [0.15, 0.2) is 78.6 Å². The first kappa shape index (κ1) is 18.9. The van der Waals surface area contributed by atoms with Crippen molar-refractivity contribution in [3.05, 3.63) is 95.5 Å². The number of carbonyl (C=O) groups excluding carboxylic acids is 1. The predicted molar refractivity (Wildman–Crippen MR) is 113 cm³/mol. The van der Waals surface area contributed by atoms with E-state index < -0.39 is 0 Å². The van der Waals surface area contributed by atoms with Crippen molar-refractivity contribution in [3.63, 3.8) is 0 Å².